The van der Waals surface area contributed by atoms with Crippen molar-refractivity contribution in [1.82, 2.24) is 4.57 Å². The van der Waals surface area contributed by atoms with Crippen LogP contribution >= 0.6 is 11.3 Å². The molecule has 0 amide bonds. The molecule has 0 spiro atoms. The van der Waals surface area contributed by atoms with E-state index >= 15 is 0 Å². The van der Waals surface area contributed by atoms with Gasteiger partial charge in [-0.05, 0) is 54.8 Å². The molecule has 1 aromatic heterocycles. The first-order valence-corrected chi connectivity index (χ1v) is 9.44. The number of halogens is 2. The van der Waals surface area contributed by atoms with E-state index in [1.807, 2.05) is 9.95 Å². The summed E-state index contributed by atoms with van der Waals surface area (Å²) in [5.74, 6) is -0.626. The van der Waals surface area contributed by atoms with Gasteiger partial charge in [0.05, 0.1) is 18.3 Å². The fraction of sp³-hybridized carbons (Fsp3) is 0.250. The Morgan fingerprint density at radius 2 is 1.92 bits per heavy atom. The maximum absolute atomic E-state index is 14.0. The Morgan fingerprint density at radius 1 is 1.12 bits per heavy atom. The van der Waals surface area contributed by atoms with Gasteiger partial charge in [0.25, 0.3) is 0 Å². The third-order valence-electron chi connectivity index (χ3n) is 4.42. The molecule has 1 unspecified atom stereocenters. The van der Waals surface area contributed by atoms with Crippen LogP contribution in [0, 0.1) is 11.6 Å². The lowest BCUT2D eigenvalue weighted by Gasteiger charge is -2.14. The van der Waals surface area contributed by atoms with Gasteiger partial charge in [-0.15, -0.1) is 11.3 Å². The SMILES string of the molecule is Fc1ccc(-c2csc(=Nc3ccccc3F)n2CC2CCCO2)cc1. The lowest BCUT2D eigenvalue weighted by Crippen LogP contribution is -2.24. The molecule has 2 aromatic carbocycles. The van der Waals surface area contributed by atoms with Crippen molar-refractivity contribution in [2.45, 2.75) is 25.5 Å². The zero-order valence-electron chi connectivity index (χ0n) is 14.1. The van der Waals surface area contributed by atoms with Gasteiger partial charge in [-0.3, -0.25) is 0 Å². The number of aromatic nitrogens is 1. The number of rotatable bonds is 4. The summed E-state index contributed by atoms with van der Waals surface area (Å²) in [6, 6.07) is 12.8. The van der Waals surface area contributed by atoms with Gasteiger partial charge >= 0.3 is 0 Å². The van der Waals surface area contributed by atoms with E-state index < -0.39 is 0 Å². The molecule has 4 rings (SSSR count). The van der Waals surface area contributed by atoms with Crippen LogP contribution in [0.4, 0.5) is 14.5 Å². The van der Waals surface area contributed by atoms with Gasteiger partial charge in [0, 0.05) is 12.0 Å². The van der Waals surface area contributed by atoms with Gasteiger partial charge < -0.3 is 9.30 Å². The first kappa shape index (κ1) is 17.1. The Hall–Kier alpha value is -2.31. The predicted molar refractivity (Wildman–Crippen MR) is 98.3 cm³/mol. The molecule has 0 radical (unpaired) electrons. The van der Waals surface area contributed by atoms with Crippen LogP contribution in [0.15, 0.2) is 58.9 Å². The average Bonchev–Trinajstić information content (AvgIpc) is 3.29. The summed E-state index contributed by atoms with van der Waals surface area (Å²) in [5.41, 5.74) is 2.14. The van der Waals surface area contributed by atoms with E-state index in [-0.39, 0.29) is 17.7 Å². The summed E-state index contributed by atoms with van der Waals surface area (Å²) in [7, 11) is 0. The Labute approximate surface area is 154 Å². The highest BCUT2D eigenvalue weighted by Gasteiger charge is 2.19. The number of hydrogen-bond donors (Lipinski definition) is 0. The van der Waals surface area contributed by atoms with Crippen LogP contribution in [0.2, 0.25) is 0 Å². The largest absolute Gasteiger partial charge is 0.376 e. The van der Waals surface area contributed by atoms with Crippen molar-refractivity contribution in [3.8, 4) is 11.3 Å². The predicted octanol–water partition coefficient (Wildman–Crippen LogP) is 4.91. The number of hydrogen-bond acceptors (Lipinski definition) is 3. The van der Waals surface area contributed by atoms with E-state index in [4.69, 9.17) is 4.74 Å². The van der Waals surface area contributed by atoms with Crippen LogP contribution in [-0.4, -0.2) is 17.3 Å². The van der Waals surface area contributed by atoms with Gasteiger partial charge in [-0.2, -0.15) is 0 Å². The number of thiazole rings is 1. The van der Waals surface area contributed by atoms with E-state index in [0.29, 0.717) is 17.0 Å². The molecule has 0 aliphatic carbocycles. The molecule has 1 aliphatic heterocycles. The van der Waals surface area contributed by atoms with Gasteiger partial charge in [0.15, 0.2) is 4.80 Å². The minimum Gasteiger partial charge on any atom is -0.376 e. The molecule has 6 heteroatoms. The van der Waals surface area contributed by atoms with E-state index in [1.165, 1.54) is 29.5 Å². The zero-order valence-corrected chi connectivity index (χ0v) is 14.9. The highest BCUT2D eigenvalue weighted by Crippen LogP contribution is 2.24. The normalized spacial score (nSPS) is 17.8. The standard InChI is InChI=1S/C20H18F2N2OS/c21-15-9-7-14(8-10-15)19-13-26-20(23-18-6-2-1-5-17(18)22)24(19)12-16-4-3-11-25-16/h1-2,5-10,13,16H,3-4,11-12H2. The molecule has 0 N–H and O–H groups in total. The Bertz CT molecular complexity index is 956. The number of nitrogens with zero attached hydrogens (tertiary/aromatic N) is 2. The van der Waals surface area contributed by atoms with Crippen molar-refractivity contribution in [2.75, 3.05) is 6.61 Å². The minimum atomic E-state index is -0.354. The van der Waals surface area contributed by atoms with E-state index in [1.54, 1.807) is 30.3 Å². The van der Waals surface area contributed by atoms with Crippen molar-refractivity contribution in [3.63, 3.8) is 0 Å². The van der Waals surface area contributed by atoms with Crippen LogP contribution in [0.5, 0.6) is 0 Å². The molecule has 1 aliphatic rings. The third-order valence-corrected chi connectivity index (χ3v) is 5.28. The van der Waals surface area contributed by atoms with Crippen molar-refractivity contribution in [3.05, 3.63) is 70.3 Å². The van der Waals surface area contributed by atoms with Crippen molar-refractivity contribution in [2.24, 2.45) is 4.99 Å². The van der Waals surface area contributed by atoms with Gasteiger partial charge in [-0.25, -0.2) is 13.8 Å². The molecule has 3 aromatic rings. The van der Waals surface area contributed by atoms with E-state index in [9.17, 15) is 8.78 Å². The Kier molecular flexibility index (Phi) is 4.95. The fourth-order valence-electron chi connectivity index (χ4n) is 3.08. The second-order valence-corrected chi connectivity index (χ2v) is 7.06. The first-order valence-electron chi connectivity index (χ1n) is 8.56. The van der Waals surface area contributed by atoms with Crippen LogP contribution in [0.3, 0.4) is 0 Å². The highest BCUT2D eigenvalue weighted by atomic mass is 32.1. The zero-order chi connectivity index (χ0) is 17.9. The van der Waals surface area contributed by atoms with Crippen molar-refractivity contribution >= 4 is 17.0 Å². The van der Waals surface area contributed by atoms with E-state index in [2.05, 4.69) is 4.99 Å². The maximum Gasteiger partial charge on any atom is 0.190 e. The summed E-state index contributed by atoms with van der Waals surface area (Å²) in [6.07, 6.45) is 2.15. The third kappa shape index (κ3) is 3.61. The molecule has 1 saturated heterocycles. The van der Waals surface area contributed by atoms with Crippen molar-refractivity contribution in [1.29, 1.82) is 0 Å². The molecule has 3 nitrogen and oxygen atoms in total. The molecule has 0 bridgehead atoms. The Balaban J connectivity index is 1.81. The molecule has 1 atom stereocenters. The van der Waals surface area contributed by atoms with Crippen LogP contribution < -0.4 is 4.80 Å². The molecule has 1 fully saturated rings. The molecule has 0 saturated carbocycles. The van der Waals surface area contributed by atoms with Gasteiger partial charge in [0.2, 0.25) is 0 Å². The number of benzene rings is 2. The van der Waals surface area contributed by atoms with Crippen LogP contribution in [0.1, 0.15) is 12.8 Å². The second-order valence-electron chi connectivity index (χ2n) is 6.22. The first-order chi connectivity index (χ1) is 12.7. The van der Waals surface area contributed by atoms with Crippen LogP contribution in [0.25, 0.3) is 11.3 Å². The average molecular weight is 372 g/mol. The van der Waals surface area contributed by atoms with Crippen molar-refractivity contribution < 1.29 is 13.5 Å². The summed E-state index contributed by atoms with van der Waals surface area (Å²) in [4.78, 5) is 5.22. The lowest BCUT2D eigenvalue weighted by molar-refractivity contribution is 0.0968. The van der Waals surface area contributed by atoms with Crippen LogP contribution in [-0.2, 0) is 11.3 Å². The summed E-state index contributed by atoms with van der Waals surface area (Å²) in [5, 5.41) is 1.97. The topological polar surface area (TPSA) is 26.5 Å². The van der Waals surface area contributed by atoms with Gasteiger partial charge in [0.1, 0.15) is 17.3 Å². The second kappa shape index (κ2) is 7.51. The smallest absolute Gasteiger partial charge is 0.190 e. The summed E-state index contributed by atoms with van der Waals surface area (Å²) in [6.45, 7) is 1.41. The summed E-state index contributed by atoms with van der Waals surface area (Å²) >= 11 is 1.44. The molecular formula is C20H18F2N2OS. The molecule has 134 valence electrons. The Morgan fingerprint density at radius 3 is 2.65 bits per heavy atom. The quantitative estimate of drug-likeness (QED) is 0.639. The van der Waals surface area contributed by atoms with Gasteiger partial charge in [-0.1, -0.05) is 12.1 Å². The molecule has 26 heavy (non-hydrogen) atoms. The fourth-order valence-corrected chi connectivity index (χ4v) is 4.02. The molecule has 2 heterocycles. The number of ether oxygens (including phenoxy) is 1. The summed E-state index contributed by atoms with van der Waals surface area (Å²) < 4.78 is 35.1. The monoisotopic (exact) mass is 372 g/mol. The lowest BCUT2D eigenvalue weighted by atomic mass is 10.1. The highest BCUT2D eigenvalue weighted by molar-refractivity contribution is 7.07. The minimum absolute atomic E-state index is 0.114. The maximum atomic E-state index is 14.0. The van der Waals surface area contributed by atoms with E-state index in [0.717, 1.165) is 30.7 Å². The molecular weight excluding hydrogens is 354 g/mol. The number of para-hydroxylation sites is 1.